The first kappa shape index (κ1) is 17.6. The van der Waals surface area contributed by atoms with E-state index in [2.05, 4.69) is 20.4 Å². The number of nitrogens with zero attached hydrogens (tertiary/aromatic N) is 3. The van der Waals surface area contributed by atoms with Gasteiger partial charge in [-0.05, 0) is 24.3 Å². The van der Waals surface area contributed by atoms with Crippen molar-refractivity contribution in [3.05, 3.63) is 48.8 Å². The van der Waals surface area contributed by atoms with Crippen molar-refractivity contribution in [1.82, 2.24) is 15.1 Å². The molecule has 8 heteroatoms. The van der Waals surface area contributed by atoms with Crippen molar-refractivity contribution >= 4 is 22.6 Å². The van der Waals surface area contributed by atoms with Gasteiger partial charge in [-0.3, -0.25) is 0 Å². The predicted molar refractivity (Wildman–Crippen MR) is 104 cm³/mol. The zero-order chi connectivity index (χ0) is 19.5. The standard InChI is InChI=1S/C20H18N4O4/c1-25-14-7-5-4-6-13(14)18-17-19(21-11-22-20(17)28-24-18)23-12-8-9-15(26-2)16(10-12)27-3/h4-11H,1-3H3,(H,21,22,23). The molecule has 0 unspecified atom stereocenters. The second-order valence-corrected chi connectivity index (χ2v) is 5.83. The zero-order valence-corrected chi connectivity index (χ0v) is 15.6. The maximum Gasteiger partial charge on any atom is 0.263 e. The average Bonchev–Trinajstić information content (AvgIpc) is 3.18. The normalized spacial score (nSPS) is 10.7. The van der Waals surface area contributed by atoms with Gasteiger partial charge in [-0.2, -0.15) is 4.98 Å². The van der Waals surface area contributed by atoms with Crippen LogP contribution < -0.4 is 19.5 Å². The van der Waals surface area contributed by atoms with E-state index in [1.807, 2.05) is 42.5 Å². The summed E-state index contributed by atoms with van der Waals surface area (Å²) >= 11 is 0. The number of ether oxygens (including phenoxy) is 3. The summed E-state index contributed by atoms with van der Waals surface area (Å²) in [7, 11) is 4.79. The van der Waals surface area contributed by atoms with Crippen LogP contribution in [0.15, 0.2) is 53.3 Å². The number of hydrogen-bond acceptors (Lipinski definition) is 8. The lowest BCUT2D eigenvalue weighted by molar-refractivity contribution is 0.355. The number of fused-ring (bicyclic) bond motifs is 1. The summed E-state index contributed by atoms with van der Waals surface area (Å²) in [6.07, 6.45) is 1.42. The lowest BCUT2D eigenvalue weighted by Crippen LogP contribution is -1.98. The van der Waals surface area contributed by atoms with Gasteiger partial charge in [0.15, 0.2) is 11.5 Å². The fraction of sp³-hybridized carbons (Fsp3) is 0.150. The Balaban J connectivity index is 1.82. The number of rotatable bonds is 6. The fourth-order valence-corrected chi connectivity index (χ4v) is 2.96. The van der Waals surface area contributed by atoms with Crippen LogP contribution in [0.4, 0.5) is 11.5 Å². The molecular formula is C20H18N4O4. The third-order valence-electron chi connectivity index (χ3n) is 4.28. The summed E-state index contributed by atoms with van der Waals surface area (Å²) in [5.41, 5.74) is 2.52. The van der Waals surface area contributed by atoms with Gasteiger partial charge in [-0.1, -0.05) is 17.3 Å². The number of benzene rings is 2. The van der Waals surface area contributed by atoms with Crippen molar-refractivity contribution in [2.45, 2.75) is 0 Å². The van der Waals surface area contributed by atoms with Crippen molar-refractivity contribution in [1.29, 1.82) is 0 Å². The van der Waals surface area contributed by atoms with Gasteiger partial charge < -0.3 is 24.1 Å². The van der Waals surface area contributed by atoms with Crippen LogP contribution in [0, 0.1) is 0 Å². The molecule has 0 amide bonds. The molecule has 142 valence electrons. The van der Waals surface area contributed by atoms with Crippen LogP contribution in [-0.2, 0) is 0 Å². The summed E-state index contributed by atoms with van der Waals surface area (Å²) in [6, 6.07) is 13.1. The van der Waals surface area contributed by atoms with Crippen LogP contribution in [0.1, 0.15) is 0 Å². The van der Waals surface area contributed by atoms with Gasteiger partial charge in [0.25, 0.3) is 5.71 Å². The van der Waals surface area contributed by atoms with E-state index >= 15 is 0 Å². The van der Waals surface area contributed by atoms with Gasteiger partial charge in [-0.25, -0.2) is 4.98 Å². The molecule has 0 fully saturated rings. The lowest BCUT2D eigenvalue weighted by Gasteiger charge is -2.11. The Morgan fingerprint density at radius 1 is 0.857 bits per heavy atom. The van der Waals surface area contributed by atoms with Gasteiger partial charge in [0.1, 0.15) is 29.0 Å². The minimum atomic E-state index is 0.374. The molecule has 0 atom stereocenters. The Morgan fingerprint density at radius 3 is 2.43 bits per heavy atom. The van der Waals surface area contributed by atoms with Gasteiger partial charge in [0, 0.05) is 17.3 Å². The van der Waals surface area contributed by atoms with Crippen LogP contribution in [0.5, 0.6) is 17.2 Å². The molecule has 0 aliphatic carbocycles. The molecule has 2 aromatic carbocycles. The highest BCUT2D eigenvalue weighted by atomic mass is 16.5. The van der Waals surface area contributed by atoms with E-state index in [9.17, 15) is 0 Å². The van der Waals surface area contributed by atoms with E-state index in [4.69, 9.17) is 18.7 Å². The Hall–Kier alpha value is -3.81. The van der Waals surface area contributed by atoms with Gasteiger partial charge >= 0.3 is 0 Å². The molecule has 0 bridgehead atoms. The first-order valence-corrected chi connectivity index (χ1v) is 8.48. The number of nitrogens with one attached hydrogen (secondary N) is 1. The number of aromatic nitrogens is 3. The molecule has 1 N–H and O–H groups in total. The van der Waals surface area contributed by atoms with Crippen LogP contribution >= 0.6 is 0 Å². The molecular weight excluding hydrogens is 360 g/mol. The zero-order valence-electron chi connectivity index (χ0n) is 15.6. The van der Waals surface area contributed by atoms with E-state index in [1.54, 1.807) is 21.3 Å². The first-order chi connectivity index (χ1) is 13.7. The highest BCUT2D eigenvalue weighted by molar-refractivity contribution is 5.99. The molecule has 28 heavy (non-hydrogen) atoms. The number of methoxy groups -OCH3 is 3. The third-order valence-corrected chi connectivity index (χ3v) is 4.28. The van der Waals surface area contributed by atoms with E-state index in [1.165, 1.54) is 6.33 Å². The molecule has 0 radical (unpaired) electrons. The molecule has 0 saturated heterocycles. The van der Waals surface area contributed by atoms with Crippen LogP contribution in [0.25, 0.3) is 22.4 Å². The Bertz CT molecular complexity index is 1130. The highest BCUT2D eigenvalue weighted by Crippen LogP contribution is 2.38. The monoisotopic (exact) mass is 378 g/mol. The molecule has 4 rings (SSSR count). The predicted octanol–water partition coefficient (Wildman–Crippen LogP) is 4.05. The maximum absolute atomic E-state index is 5.46. The third kappa shape index (κ3) is 3.05. The highest BCUT2D eigenvalue weighted by Gasteiger charge is 2.19. The van der Waals surface area contributed by atoms with Crippen molar-refractivity contribution in [2.24, 2.45) is 0 Å². The molecule has 0 spiro atoms. The first-order valence-electron chi connectivity index (χ1n) is 8.48. The van der Waals surface area contributed by atoms with Crippen molar-refractivity contribution in [3.8, 4) is 28.5 Å². The summed E-state index contributed by atoms with van der Waals surface area (Å²) in [6.45, 7) is 0. The molecule has 0 aliphatic rings. The Morgan fingerprint density at radius 2 is 1.64 bits per heavy atom. The lowest BCUT2D eigenvalue weighted by atomic mass is 10.1. The van der Waals surface area contributed by atoms with E-state index in [0.717, 1.165) is 11.3 Å². The van der Waals surface area contributed by atoms with Crippen molar-refractivity contribution < 1.29 is 18.7 Å². The van der Waals surface area contributed by atoms with E-state index in [0.29, 0.717) is 39.9 Å². The molecule has 2 heterocycles. The van der Waals surface area contributed by atoms with Crippen LogP contribution in [0.2, 0.25) is 0 Å². The molecule has 4 aromatic rings. The molecule has 0 aliphatic heterocycles. The largest absolute Gasteiger partial charge is 0.496 e. The SMILES string of the molecule is COc1ccc(Nc2ncnc3onc(-c4ccccc4OC)c23)cc1OC. The van der Waals surface area contributed by atoms with Crippen LogP contribution in [0.3, 0.4) is 0 Å². The van der Waals surface area contributed by atoms with E-state index < -0.39 is 0 Å². The number of hydrogen-bond donors (Lipinski definition) is 1. The fourth-order valence-electron chi connectivity index (χ4n) is 2.96. The van der Waals surface area contributed by atoms with Gasteiger partial charge in [-0.15, -0.1) is 0 Å². The van der Waals surface area contributed by atoms with Gasteiger partial charge in [0.2, 0.25) is 0 Å². The van der Waals surface area contributed by atoms with E-state index in [-0.39, 0.29) is 0 Å². The summed E-state index contributed by atoms with van der Waals surface area (Å²) in [5, 5.41) is 8.13. The Labute approximate surface area is 161 Å². The average molecular weight is 378 g/mol. The molecule has 2 aromatic heterocycles. The number of anilines is 2. The minimum absolute atomic E-state index is 0.374. The molecule has 8 nitrogen and oxygen atoms in total. The van der Waals surface area contributed by atoms with Crippen LogP contribution in [-0.4, -0.2) is 36.5 Å². The smallest absolute Gasteiger partial charge is 0.263 e. The van der Waals surface area contributed by atoms with Gasteiger partial charge in [0.05, 0.1) is 21.3 Å². The second kappa shape index (κ2) is 7.43. The second-order valence-electron chi connectivity index (χ2n) is 5.83. The summed E-state index contributed by atoms with van der Waals surface area (Å²) < 4.78 is 21.5. The van der Waals surface area contributed by atoms with Crippen molar-refractivity contribution in [2.75, 3.05) is 26.6 Å². The number of para-hydroxylation sites is 1. The quantitative estimate of drug-likeness (QED) is 0.537. The topological polar surface area (TPSA) is 91.5 Å². The summed E-state index contributed by atoms with van der Waals surface area (Å²) in [4.78, 5) is 8.56. The molecule has 0 saturated carbocycles. The Kier molecular flexibility index (Phi) is 4.67. The maximum atomic E-state index is 5.46. The summed E-state index contributed by atoms with van der Waals surface area (Å²) in [5.74, 6) is 2.48. The van der Waals surface area contributed by atoms with Crippen molar-refractivity contribution in [3.63, 3.8) is 0 Å². The minimum Gasteiger partial charge on any atom is -0.496 e.